The van der Waals surface area contributed by atoms with Crippen molar-refractivity contribution in [3.63, 3.8) is 0 Å². The van der Waals surface area contributed by atoms with Crippen LogP contribution in [-0.4, -0.2) is 19.9 Å². The molecule has 0 aliphatic heterocycles. The zero-order chi connectivity index (χ0) is 19.1. The van der Waals surface area contributed by atoms with E-state index in [9.17, 15) is 12.8 Å². The van der Waals surface area contributed by atoms with Gasteiger partial charge in [-0.1, -0.05) is 32.0 Å². The Morgan fingerprint density at radius 1 is 1.12 bits per heavy atom. The zero-order valence-corrected chi connectivity index (χ0v) is 16.2. The predicted octanol–water partition coefficient (Wildman–Crippen LogP) is 4.18. The van der Waals surface area contributed by atoms with E-state index in [0.717, 1.165) is 22.2 Å². The van der Waals surface area contributed by atoms with E-state index >= 15 is 0 Å². The van der Waals surface area contributed by atoms with Gasteiger partial charge in [-0.25, -0.2) is 17.5 Å². The Morgan fingerprint density at radius 2 is 1.81 bits per heavy atom. The van der Waals surface area contributed by atoms with Crippen molar-refractivity contribution in [2.75, 3.05) is 6.54 Å². The van der Waals surface area contributed by atoms with E-state index in [1.54, 1.807) is 6.92 Å². The van der Waals surface area contributed by atoms with Gasteiger partial charge in [0.05, 0.1) is 4.90 Å². The maximum absolute atomic E-state index is 13.4. The minimum Gasteiger partial charge on any atom is -0.358 e. The molecule has 0 spiro atoms. The molecule has 0 radical (unpaired) electrons. The van der Waals surface area contributed by atoms with Crippen molar-refractivity contribution in [1.29, 1.82) is 0 Å². The average Bonchev–Trinajstić information content (AvgIpc) is 2.92. The maximum atomic E-state index is 13.4. The van der Waals surface area contributed by atoms with Gasteiger partial charge in [0.25, 0.3) is 0 Å². The molecular weight excluding hydrogens is 351 g/mol. The largest absolute Gasteiger partial charge is 0.358 e. The molecule has 1 aromatic heterocycles. The number of nitrogens with one attached hydrogen (secondary N) is 2. The van der Waals surface area contributed by atoms with Crippen LogP contribution in [0.25, 0.3) is 10.9 Å². The Morgan fingerprint density at radius 3 is 2.50 bits per heavy atom. The number of hydrogen-bond donors (Lipinski definition) is 2. The van der Waals surface area contributed by atoms with Gasteiger partial charge in [0.1, 0.15) is 5.82 Å². The molecular formula is C20H23FN2O2S. The van der Waals surface area contributed by atoms with Crippen LogP contribution in [0, 0.1) is 19.7 Å². The van der Waals surface area contributed by atoms with Crippen molar-refractivity contribution in [1.82, 2.24) is 9.71 Å². The molecule has 1 heterocycles. The van der Waals surface area contributed by atoms with E-state index in [4.69, 9.17) is 0 Å². The number of para-hydroxylation sites is 1. The van der Waals surface area contributed by atoms with Crippen LogP contribution in [0.5, 0.6) is 0 Å². The Labute approximate surface area is 153 Å². The summed E-state index contributed by atoms with van der Waals surface area (Å²) in [5.41, 5.74) is 3.02. The fourth-order valence-corrected chi connectivity index (χ4v) is 4.68. The fraction of sp³-hybridized carbons (Fsp3) is 0.300. The first-order valence-electron chi connectivity index (χ1n) is 8.45. The van der Waals surface area contributed by atoms with Gasteiger partial charge in [0.15, 0.2) is 0 Å². The van der Waals surface area contributed by atoms with Gasteiger partial charge in [-0.05, 0) is 49.2 Å². The number of aromatic amines is 1. The third-order valence-electron chi connectivity index (χ3n) is 4.71. The number of hydrogen-bond acceptors (Lipinski definition) is 2. The van der Waals surface area contributed by atoms with Gasteiger partial charge < -0.3 is 4.98 Å². The van der Waals surface area contributed by atoms with Gasteiger partial charge in [0, 0.05) is 28.6 Å². The Hall–Kier alpha value is -2.18. The summed E-state index contributed by atoms with van der Waals surface area (Å²) in [7, 11) is -3.72. The molecule has 0 aliphatic rings. The number of aryl methyl sites for hydroxylation is 2. The summed E-state index contributed by atoms with van der Waals surface area (Å²) < 4.78 is 41.3. The summed E-state index contributed by atoms with van der Waals surface area (Å²) in [5.74, 6) is -0.418. The van der Waals surface area contributed by atoms with Crippen molar-refractivity contribution in [2.24, 2.45) is 0 Å². The number of rotatable bonds is 5. The van der Waals surface area contributed by atoms with Crippen molar-refractivity contribution in [2.45, 2.75) is 38.0 Å². The molecule has 0 saturated carbocycles. The summed E-state index contributed by atoms with van der Waals surface area (Å²) in [6.45, 7) is 7.79. The lowest BCUT2D eigenvalue weighted by atomic mass is 9.83. The fourth-order valence-electron chi connectivity index (χ4n) is 3.38. The van der Waals surface area contributed by atoms with Gasteiger partial charge in [0.2, 0.25) is 10.0 Å². The first-order valence-corrected chi connectivity index (χ1v) is 9.94. The second-order valence-corrected chi connectivity index (χ2v) is 9.06. The lowest BCUT2D eigenvalue weighted by molar-refractivity contribution is 0.502. The highest BCUT2D eigenvalue weighted by Crippen LogP contribution is 2.33. The van der Waals surface area contributed by atoms with Crippen molar-refractivity contribution in [3.05, 3.63) is 65.1 Å². The third-order valence-corrected chi connectivity index (χ3v) is 6.11. The van der Waals surface area contributed by atoms with Crippen molar-refractivity contribution >= 4 is 20.9 Å². The summed E-state index contributed by atoms with van der Waals surface area (Å²) in [6.07, 6.45) is 0. The number of aromatic nitrogens is 1. The average molecular weight is 374 g/mol. The molecule has 0 saturated heterocycles. The van der Waals surface area contributed by atoms with Crippen LogP contribution in [-0.2, 0) is 15.4 Å². The highest BCUT2D eigenvalue weighted by atomic mass is 32.2. The molecule has 3 rings (SSSR count). The molecule has 6 heteroatoms. The summed E-state index contributed by atoms with van der Waals surface area (Å²) in [4.78, 5) is 3.43. The van der Waals surface area contributed by atoms with E-state index in [2.05, 4.69) is 9.71 Å². The van der Waals surface area contributed by atoms with Crippen LogP contribution in [0.4, 0.5) is 4.39 Å². The van der Waals surface area contributed by atoms with E-state index in [1.165, 1.54) is 18.2 Å². The van der Waals surface area contributed by atoms with Crippen molar-refractivity contribution in [3.8, 4) is 0 Å². The highest BCUT2D eigenvalue weighted by molar-refractivity contribution is 7.89. The molecule has 3 aromatic rings. The lowest BCUT2D eigenvalue weighted by Crippen LogP contribution is -2.37. The van der Waals surface area contributed by atoms with Crippen LogP contribution < -0.4 is 4.72 Å². The van der Waals surface area contributed by atoms with E-state index in [0.29, 0.717) is 5.56 Å². The SMILES string of the molecule is Cc1cc(S(=O)(=O)NCC(C)(C)c2c(C)[nH]c3ccccc23)ccc1F. The molecule has 138 valence electrons. The number of benzene rings is 2. The molecule has 0 unspecified atom stereocenters. The van der Waals surface area contributed by atoms with E-state index in [1.807, 2.05) is 45.0 Å². The van der Waals surface area contributed by atoms with Crippen LogP contribution in [0.2, 0.25) is 0 Å². The lowest BCUT2D eigenvalue weighted by Gasteiger charge is -2.26. The first kappa shape index (κ1) is 18.6. The molecule has 0 aliphatic carbocycles. The summed E-state index contributed by atoms with van der Waals surface area (Å²) >= 11 is 0. The normalized spacial score (nSPS) is 12.7. The van der Waals surface area contributed by atoms with E-state index in [-0.39, 0.29) is 11.4 Å². The van der Waals surface area contributed by atoms with Crippen LogP contribution in [0.3, 0.4) is 0 Å². The molecule has 0 fully saturated rings. The quantitative estimate of drug-likeness (QED) is 0.704. The summed E-state index contributed by atoms with van der Waals surface area (Å²) in [5, 5.41) is 1.09. The van der Waals surface area contributed by atoms with Crippen LogP contribution in [0.1, 0.15) is 30.7 Å². The van der Waals surface area contributed by atoms with Crippen molar-refractivity contribution < 1.29 is 12.8 Å². The van der Waals surface area contributed by atoms with Gasteiger partial charge >= 0.3 is 0 Å². The monoisotopic (exact) mass is 374 g/mol. The van der Waals surface area contributed by atoms with E-state index < -0.39 is 21.3 Å². The van der Waals surface area contributed by atoms with Gasteiger partial charge in [-0.2, -0.15) is 0 Å². The zero-order valence-electron chi connectivity index (χ0n) is 15.4. The minimum atomic E-state index is -3.72. The van der Waals surface area contributed by atoms with Crippen LogP contribution >= 0.6 is 0 Å². The molecule has 2 aromatic carbocycles. The molecule has 0 atom stereocenters. The Balaban J connectivity index is 1.89. The molecule has 0 bridgehead atoms. The topological polar surface area (TPSA) is 62.0 Å². The second-order valence-electron chi connectivity index (χ2n) is 7.29. The van der Waals surface area contributed by atoms with Gasteiger partial charge in [-0.15, -0.1) is 0 Å². The predicted molar refractivity (Wildman–Crippen MR) is 102 cm³/mol. The van der Waals surface area contributed by atoms with Crippen LogP contribution in [0.15, 0.2) is 47.4 Å². The number of sulfonamides is 1. The number of halogens is 1. The minimum absolute atomic E-state index is 0.0721. The second kappa shape index (κ2) is 6.52. The molecule has 2 N–H and O–H groups in total. The Kier molecular flexibility index (Phi) is 4.67. The standard InChI is InChI=1S/C20H23FN2O2S/c1-13-11-15(9-10-17(13)21)26(24,25)22-12-20(3,4)19-14(2)23-18-8-6-5-7-16(18)19/h5-11,22-23H,12H2,1-4H3. The maximum Gasteiger partial charge on any atom is 0.240 e. The van der Waals surface area contributed by atoms with Gasteiger partial charge in [-0.3, -0.25) is 0 Å². The Bertz CT molecular complexity index is 1070. The highest BCUT2D eigenvalue weighted by Gasteiger charge is 2.28. The smallest absolute Gasteiger partial charge is 0.240 e. The number of H-pyrrole nitrogens is 1. The number of fused-ring (bicyclic) bond motifs is 1. The molecule has 4 nitrogen and oxygen atoms in total. The molecule has 0 amide bonds. The third kappa shape index (κ3) is 3.39. The first-order chi connectivity index (χ1) is 12.1. The summed E-state index contributed by atoms with van der Waals surface area (Å²) in [6, 6.07) is 11.8. The molecule has 26 heavy (non-hydrogen) atoms.